The molecule has 0 spiro atoms. The third-order valence-corrected chi connectivity index (χ3v) is 10.1. The number of hydrogen-bond acceptors (Lipinski definition) is 9. The molecule has 0 unspecified atom stereocenters. The van der Waals surface area contributed by atoms with Crippen LogP contribution in [0.15, 0.2) is 36.4 Å². The highest BCUT2D eigenvalue weighted by atomic mass is 19.4. The number of nitro benzene ring substituents is 1. The number of alkyl halides is 3. The van der Waals surface area contributed by atoms with Gasteiger partial charge in [0, 0.05) is 25.2 Å². The van der Waals surface area contributed by atoms with Gasteiger partial charge in [-0.25, -0.2) is 9.59 Å². The summed E-state index contributed by atoms with van der Waals surface area (Å²) in [6, 6.07) is 6.02. The summed E-state index contributed by atoms with van der Waals surface area (Å²) in [6.45, 7) is 3.55. The van der Waals surface area contributed by atoms with Gasteiger partial charge >= 0.3 is 18.2 Å². The Kier molecular flexibility index (Phi) is 11.4. The second-order valence-corrected chi connectivity index (χ2v) is 13.5. The molecule has 2 amide bonds. The lowest BCUT2D eigenvalue weighted by Crippen LogP contribution is -2.55. The van der Waals surface area contributed by atoms with Crippen LogP contribution in [0.5, 0.6) is 0 Å². The molecular formula is C35H42F3N3O9. The number of esters is 1. The zero-order valence-corrected chi connectivity index (χ0v) is 28.0. The Morgan fingerprint density at radius 3 is 2.36 bits per heavy atom. The number of rotatable bonds is 11. The van der Waals surface area contributed by atoms with Gasteiger partial charge in [0.25, 0.3) is 5.69 Å². The third kappa shape index (κ3) is 8.55. The Morgan fingerprint density at radius 1 is 1.08 bits per heavy atom. The average molecular weight is 706 g/mol. The Morgan fingerprint density at radius 2 is 1.78 bits per heavy atom. The van der Waals surface area contributed by atoms with Crippen LogP contribution in [0.25, 0.3) is 0 Å². The summed E-state index contributed by atoms with van der Waals surface area (Å²) in [5.74, 6) is -1.77. The maximum Gasteiger partial charge on any atom is 0.416 e. The van der Waals surface area contributed by atoms with E-state index in [9.17, 15) is 42.8 Å². The van der Waals surface area contributed by atoms with Crippen LogP contribution in [-0.2, 0) is 38.2 Å². The van der Waals surface area contributed by atoms with Gasteiger partial charge in [0.05, 0.1) is 41.5 Å². The number of benzene rings is 2. The molecule has 6 rings (SSSR count). The first-order valence-corrected chi connectivity index (χ1v) is 16.9. The van der Waals surface area contributed by atoms with Gasteiger partial charge in [0.15, 0.2) is 0 Å². The lowest BCUT2D eigenvalue weighted by molar-refractivity contribution is -0.385. The highest BCUT2D eigenvalue weighted by Crippen LogP contribution is 2.46. The van der Waals surface area contributed by atoms with E-state index in [1.165, 1.54) is 30.0 Å². The number of non-ortho nitro benzene ring substituents is 1. The zero-order valence-electron chi connectivity index (χ0n) is 28.0. The fraction of sp³-hybridized carbons (Fsp3) is 0.571. The van der Waals surface area contributed by atoms with Crippen LogP contribution in [0, 0.1) is 15.5 Å². The van der Waals surface area contributed by atoms with Gasteiger partial charge in [-0.05, 0) is 105 Å². The molecule has 1 aliphatic carbocycles. The van der Waals surface area contributed by atoms with E-state index >= 15 is 0 Å². The molecule has 2 bridgehead atoms. The number of alkyl carbamates (subject to hydrolysis) is 1. The number of nitro groups is 1. The van der Waals surface area contributed by atoms with Gasteiger partial charge in [0.2, 0.25) is 5.91 Å². The number of hydrogen-bond donors (Lipinski definition) is 2. The van der Waals surface area contributed by atoms with Gasteiger partial charge in [-0.15, -0.1) is 0 Å². The van der Waals surface area contributed by atoms with Crippen LogP contribution < -0.4 is 5.32 Å². The van der Waals surface area contributed by atoms with Crippen LogP contribution in [-0.4, -0.2) is 77.5 Å². The number of piperidine rings is 1. The molecule has 50 heavy (non-hydrogen) atoms. The number of likely N-dealkylation sites (tertiary alicyclic amines) is 1. The first kappa shape index (κ1) is 37.0. The fourth-order valence-electron chi connectivity index (χ4n) is 7.25. The molecule has 3 aliphatic heterocycles. The number of carbonyl (C=O) groups is 3. The number of carbonyl (C=O) groups excluding carboxylic acids is 3. The Bertz CT molecular complexity index is 1570. The standard InChI is InChI=1S/C35H42F3N3O9/c1-3-48-32(44)29-17-25(35(36,37)38)5-7-28(29)22-10-14-40(15-11-22)31(43)30(21(2)42)39-33(45)49-19-23-4-6-26(41(46)47)16-24(23)18-34-12-8-27(9-13-34)50-20-34/h4-7,16-17,21-22,27,30,42H,3,8-15,18-20H2,1-2H3,(H,39,45)/t21-,27?,30+,34?/m1/s1. The molecule has 2 aromatic rings. The maximum absolute atomic E-state index is 13.5. The van der Waals surface area contributed by atoms with E-state index in [4.69, 9.17) is 14.2 Å². The monoisotopic (exact) mass is 705 g/mol. The van der Waals surface area contributed by atoms with Crippen LogP contribution in [0.3, 0.4) is 0 Å². The smallest absolute Gasteiger partial charge is 0.416 e. The number of halogens is 3. The first-order valence-electron chi connectivity index (χ1n) is 16.9. The Hall–Kier alpha value is -4.24. The molecule has 12 nitrogen and oxygen atoms in total. The number of fused-ring (bicyclic) bond motifs is 3. The summed E-state index contributed by atoms with van der Waals surface area (Å²) in [4.78, 5) is 51.5. The first-order chi connectivity index (χ1) is 23.7. The topological polar surface area (TPSA) is 158 Å². The molecule has 15 heteroatoms. The Balaban J connectivity index is 1.21. The molecule has 272 valence electrons. The molecular weight excluding hydrogens is 663 g/mol. The van der Waals surface area contributed by atoms with Crippen molar-refractivity contribution in [1.82, 2.24) is 10.2 Å². The minimum Gasteiger partial charge on any atom is -0.462 e. The number of nitrogens with zero attached hydrogens (tertiary/aromatic N) is 2. The highest BCUT2D eigenvalue weighted by molar-refractivity contribution is 5.91. The van der Waals surface area contributed by atoms with E-state index in [0.717, 1.165) is 37.8 Å². The van der Waals surface area contributed by atoms with E-state index in [1.807, 2.05) is 0 Å². The second kappa shape index (κ2) is 15.3. The minimum atomic E-state index is -4.65. The molecule has 2 aromatic carbocycles. The fourth-order valence-corrected chi connectivity index (χ4v) is 7.25. The van der Waals surface area contributed by atoms with Gasteiger partial charge in [-0.1, -0.05) is 6.07 Å². The lowest BCUT2D eigenvalue weighted by atomic mass is 9.67. The van der Waals surface area contributed by atoms with E-state index in [-0.39, 0.29) is 55.0 Å². The van der Waals surface area contributed by atoms with Crippen molar-refractivity contribution in [3.05, 3.63) is 74.3 Å². The van der Waals surface area contributed by atoms with Crippen molar-refractivity contribution in [3.8, 4) is 0 Å². The predicted molar refractivity (Wildman–Crippen MR) is 172 cm³/mol. The summed E-state index contributed by atoms with van der Waals surface area (Å²) in [7, 11) is 0. The molecule has 0 radical (unpaired) electrons. The van der Waals surface area contributed by atoms with Crippen LogP contribution in [0.2, 0.25) is 0 Å². The summed E-state index contributed by atoms with van der Waals surface area (Å²) in [6.07, 6.45) is -1.76. The number of amides is 2. The third-order valence-electron chi connectivity index (χ3n) is 10.1. The number of aliphatic hydroxyl groups excluding tert-OH is 1. The molecule has 1 saturated carbocycles. The summed E-state index contributed by atoms with van der Waals surface area (Å²) in [5.41, 5.74) is 0.296. The normalized spacial score (nSPS) is 22.0. The van der Waals surface area contributed by atoms with Crippen molar-refractivity contribution in [1.29, 1.82) is 0 Å². The van der Waals surface area contributed by atoms with E-state index in [2.05, 4.69) is 5.32 Å². The van der Waals surface area contributed by atoms with Gasteiger partial charge in [0.1, 0.15) is 12.6 Å². The van der Waals surface area contributed by atoms with Crippen molar-refractivity contribution < 1.29 is 51.8 Å². The van der Waals surface area contributed by atoms with E-state index in [0.29, 0.717) is 42.6 Å². The quantitative estimate of drug-likeness (QED) is 0.171. The van der Waals surface area contributed by atoms with Gasteiger partial charge in [-0.2, -0.15) is 13.2 Å². The zero-order chi connectivity index (χ0) is 36.2. The van der Waals surface area contributed by atoms with Crippen molar-refractivity contribution in [2.75, 3.05) is 26.3 Å². The number of ether oxygens (including phenoxy) is 3. The Labute approximate surface area is 287 Å². The number of aliphatic hydroxyl groups is 1. The SMILES string of the molecule is CCOC(=O)c1cc(C(F)(F)F)ccc1C1CCN(C(=O)[C@@H](NC(=O)OCc2ccc([N+](=O)[O-])cc2CC23CCC(CC2)OC3)[C@@H](C)O)CC1. The van der Waals surface area contributed by atoms with E-state index in [1.54, 1.807) is 13.0 Å². The minimum absolute atomic E-state index is 0.0108. The average Bonchev–Trinajstić information content (AvgIpc) is 3.09. The van der Waals surface area contributed by atoms with Gasteiger partial charge < -0.3 is 29.5 Å². The predicted octanol–water partition coefficient (Wildman–Crippen LogP) is 5.67. The van der Waals surface area contributed by atoms with Crippen LogP contribution in [0.1, 0.15) is 90.9 Å². The van der Waals surface area contributed by atoms with Gasteiger partial charge in [-0.3, -0.25) is 14.9 Å². The summed E-state index contributed by atoms with van der Waals surface area (Å²) >= 11 is 0. The highest BCUT2D eigenvalue weighted by Gasteiger charge is 2.42. The summed E-state index contributed by atoms with van der Waals surface area (Å²) in [5, 5.41) is 24.4. The molecule has 4 aliphatic rings. The van der Waals surface area contributed by atoms with Crippen molar-refractivity contribution >= 4 is 23.7 Å². The lowest BCUT2D eigenvalue weighted by Gasteiger charge is -2.46. The molecule has 2 N–H and O–H groups in total. The molecule has 3 saturated heterocycles. The van der Waals surface area contributed by atoms with Crippen molar-refractivity contribution in [2.24, 2.45) is 5.41 Å². The van der Waals surface area contributed by atoms with Crippen LogP contribution in [0.4, 0.5) is 23.7 Å². The second-order valence-electron chi connectivity index (χ2n) is 13.5. The van der Waals surface area contributed by atoms with E-state index < -0.39 is 46.8 Å². The molecule has 0 aromatic heterocycles. The summed E-state index contributed by atoms with van der Waals surface area (Å²) < 4.78 is 56.6. The molecule has 2 atom stereocenters. The maximum atomic E-state index is 13.5. The molecule has 3 heterocycles. The van der Waals surface area contributed by atoms with Crippen molar-refractivity contribution in [3.63, 3.8) is 0 Å². The van der Waals surface area contributed by atoms with Crippen LogP contribution >= 0.6 is 0 Å². The largest absolute Gasteiger partial charge is 0.462 e. The van der Waals surface area contributed by atoms with Crippen molar-refractivity contribution in [2.45, 2.75) is 95.7 Å². The molecule has 4 fully saturated rings. The number of nitrogens with one attached hydrogen (secondary N) is 1.